The molecule has 1 aromatic heterocycles. The van der Waals surface area contributed by atoms with Gasteiger partial charge in [-0.3, -0.25) is 4.79 Å². The Balaban J connectivity index is 1.98. The average molecular weight is 406 g/mol. The number of nitriles is 1. The lowest BCUT2D eigenvalue weighted by Gasteiger charge is -2.07. The maximum atomic E-state index is 12.1. The minimum absolute atomic E-state index is 0.00616. The minimum atomic E-state index is -3.75. The number of ketones is 1. The Morgan fingerprint density at radius 3 is 2.44 bits per heavy atom. The molecule has 7 nitrogen and oxygen atoms in total. The number of aryl methyl sites for hydroxylation is 2. The van der Waals surface area contributed by atoms with Crippen molar-refractivity contribution >= 4 is 33.1 Å². The van der Waals surface area contributed by atoms with Gasteiger partial charge in [0.05, 0.1) is 16.5 Å². The minimum Gasteiger partial charge on any atom is -0.454 e. The summed E-state index contributed by atoms with van der Waals surface area (Å²) in [5, 5.41) is 8.45. The Kier molecular flexibility index (Phi) is 6.85. The number of esters is 1. The molecule has 0 radical (unpaired) electrons. The average Bonchev–Trinajstić information content (AvgIpc) is 2.98. The van der Waals surface area contributed by atoms with E-state index < -0.39 is 16.0 Å². The Bertz CT molecular complexity index is 986. The first kappa shape index (κ1) is 20.8. The summed E-state index contributed by atoms with van der Waals surface area (Å²) in [7, 11) is -3.75. The van der Waals surface area contributed by atoms with E-state index in [1.807, 2.05) is 19.9 Å². The SMILES string of the molecule is Cc1cc(C(=O)COC(=O)c2ccc(S(=O)(=O)NCCC#N)cc2)c(C)s1. The van der Waals surface area contributed by atoms with Crippen LogP contribution in [0.1, 0.15) is 36.9 Å². The van der Waals surface area contributed by atoms with Crippen LogP contribution in [0, 0.1) is 25.2 Å². The lowest BCUT2D eigenvalue weighted by molar-refractivity contribution is 0.0474. The number of carbonyl (C=O) groups excluding carboxylic acids is 2. The molecule has 1 heterocycles. The van der Waals surface area contributed by atoms with Crippen LogP contribution in [0.15, 0.2) is 35.2 Å². The zero-order chi connectivity index (χ0) is 20.0. The lowest BCUT2D eigenvalue weighted by atomic mass is 10.2. The summed E-state index contributed by atoms with van der Waals surface area (Å²) in [5.74, 6) is -1.000. The highest BCUT2D eigenvalue weighted by Crippen LogP contribution is 2.21. The van der Waals surface area contributed by atoms with E-state index in [0.717, 1.165) is 9.75 Å². The molecule has 0 saturated heterocycles. The van der Waals surface area contributed by atoms with Crippen LogP contribution in [-0.2, 0) is 14.8 Å². The van der Waals surface area contributed by atoms with Crippen LogP contribution in [0.25, 0.3) is 0 Å². The zero-order valence-electron chi connectivity index (χ0n) is 14.8. The van der Waals surface area contributed by atoms with E-state index in [2.05, 4.69) is 4.72 Å². The number of rotatable bonds is 8. The van der Waals surface area contributed by atoms with Crippen LogP contribution in [0.2, 0.25) is 0 Å². The van der Waals surface area contributed by atoms with Crippen molar-refractivity contribution in [3.05, 3.63) is 51.2 Å². The van der Waals surface area contributed by atoms with Gasteiger partial charge in [0.2, 0.25) is 15.8 Å². The van der Waals surface area contributed by atoms with Gasteiger partial charge >= 0.3 is 5.97 Å². The monoisotopic (exact) mass is 406 g/mol. The summed E-state index contributed by atoms with van der Waals surface area (Å²) < 4.78 is 31.3. The van der Waals surface area contributed by atoms with Crippen LogP contribution >= 0.6 is 11.3 Å². The smallest absolute Gasteiger partial charge is 0.338 e. The molecule has 2 rings (SSSR count). The van der Waals surface area contributed by atoms with Crippen LogP contribution < -0.4 is 4.72 Å². The van der Waals surface area contributed by atoms with Crippen LogP contribution in [0.5, 0.6) is 0 Å². The van der Waals surface area contributed by atoms with Crippen LogP contribution in [-0.4, -0.2) is 33.3 Å². The number of thiophene rings is 1. The molecule has 1 aromatic carbocycles. The lowest BCUT2D eigenvalue weighted by Crippen LogP contribution is -2.24. The molecule has 0 unspecified atom stereocenters. The second-order valence-corrected chi connectivity index (χ2v) is 8.88. The first-order valence-corrected chi connectivity index (χ1v) is 10.3. The number of Topliss-reactive ketones (excluding diaryl/α,β-unsaturated/α-hetero) is 1. The molecular weight excluding hydrogens is 388 g/mol. The van der Waals surface area contributed by atoms with Crippen molar-refractivity contribution in [2.75, 3.05) is 13.2 Å². The van der Waals surface area contributed by atoms with Gasteiger partial charge < -0.3 is 4.74 Å². The van der Waals surface area contributed by atoms with E-state index in [4.69, 9.17) is 10.00 Å². The summed E-state index contributed by atoms with van der Waals surface area (Å²) in [6.45, 7) is 3.35. The fourth-order valence-corrected chi connectivity index (χ4v) is 4.27. The predicted molar refractivity (Wildman–Crippen MR) is 100 cm³/mol. The van der Waals surface area contributed by atoms with Crippen LogP contribution in [0.4, 0.5) is 0 Å². The van der Waals surface area contributed by atoms with Gasteiger partial charge in [0.15, 0.2) is 6.61 Å². The van der Waals surface area contributed by atoms with E-state index in [1.165, 1.54) is 35.6 Å². The Labute approximate surface area is 161 Å². The number of nitrogens with one attached hydrogen (secondary N) is 1. The maximum absolute atomic E-state index is 12.1. The molecule has 0 bridgehead atoms. The van der Waals surface area contributed by atoms with Crippen molar-refractivity contribution < 1.29 is 22.7 Å². The quantitative estimate of drug-likeness (QED) is 0.409. The molecule has 142 valence electrons. The van der Waals surface area contributed by atoms with Crippen molar-refractivity contribution in [1.29, 1.82) is 5.26 Å². The Morgan fingerprint density at radius 2 is 1.89 bits per heavy atom. The van der Waals surface area contributed by atoms with Gasteiger partial charge in [0, 0.05) is 28.3 Å². The van der Waals surface area contributed by atoms with Gasteiger partial charge in [0.25, 0.3) is 0 Å². The zero-order valence-corrected chi connectivity index (χ0v) is 16.4. The Hall–Kier alpha value is -2.54. The van der Waals surface area contributed by atoms with Gasteiger partial charge in [-0.15, -0.1) is 11.3 Å². The summed E-state index contributed by atoms with van der Waals surface area (Å²) in [5.41, 5.74) is 0.673. The standard InChI is InChI=1S/C18H18N2O5S2/c1-12-10-16(13(2)26-12)17(21)11-25-18(22)14-4-6-15(7-5-14)27(23,24)20-9-3-8-19/h4-7,10,20H,3,9,11H2,1-2H3. The largest absolute Gasteiger partial charge is 0.454 e. The highest BCUT2D eigenvalue weighted by molar-refractivity contribution is 7.89. The van der Waals surface area contributed by atoms with Gasteiger partial charge in [-0.2, -0.15) is 5.26 Å². The highest BCUT2D eigenvalue weighted by atomic mass is 32.2. The normalized spacial score (nSPS) is 11.0. The number of hydrogen-bond donors (Lipinski definition) is 1. The molecule has 9 heteroatoms. The molecule has 2 aromatic rings. The summed E-state index contributed by atoms with van der Waals surface area (Å²) in [4.78, 5) is 26.1. The summed E-state index contributed by atoms with van der Waals surface area (Å²) in [6.07, 6.45) is 0.0563. The van der Waals surface area contributed by atoms with E-state index in [9.17, 15) is 18.0 Å². The number of nitrogens with zero attached hydrogens (tertiary/aromatic N) is 1. The van der Waals surface area contributed by atoms with Gasteiger partial charge in [-0.05, 0) is 44.2 Å². The molecule has 0 fully saturated rings. The van der Waals surface area contributed by atoms with Gasteiger partial charge in [0.1, 0.15) is 0 Å². The van der Waals surface area contributed by atoms with E-state index >= 15 is 0 Å². The Morgan fingerprint density at radius 1 is 1.22 bits per heavy atom. The molecule has 0 atom stereocenters. The fourth-order valence-electron chi connectivity index (χ4n) is 2.29. The van der Waals surface area contributed by atoms with E-state index in [0.29, 0.717) is 5.56 Å². The maximum Gasteiger partial charge on any atom is 0.338 e. The first-order chi connectivity index (χ1) is 12.7. The highest BCUT2D eigenvalue weighted by Gasteiger charge is 2.17. The van der Waals surface area contributed by atoms with E-state index in [1.54, 1.807) is 6.07 Å². The molecule has 0 saturated carbocycles. The topological polar surface area (TPSA) is 113 Å². The fraction of sp³-hybridized carbons (Fsp3) is 0.278. The third-order valence-corrected chi connectivity index (χ3v) is 6.05. The van der Waals surface area contributed by atoms with Crippen LogP contribution in [0.3, 0.4) is 0 Å². The molecule has 1 N–H and O–H groups in total. The number of carbonyl (C=O) groups is 2. The first-order valence-electron chi connectivity index (χ1n) is 7.98. The third kappa shape index (κ3) is 5.47. The van der Waals surface area contributed by atoms with Crippen molar-refractivity contribution in [3.8, 4) is 6.07 Å². The van der Waals surface area contributed by atoms with Gasteiger partial charge in [-0.1, -0.05) is 0 Å². The predicted octanol–water partition coefficient (Wildman–Crippen LogP) is 2.60. The van der Waals surface area contributed by atoms with E-state index in [-0.39, 0.29) is 35.8 Å². The molecular formula is C18H18N2O5S2. The molecule has 0 amide bonds. The number of ether oxygens (including phenoxy) is 1. The number of benzene rings is 1. The molecule has 27 heavy (non-hydrogen) atoms. The number of hydrogen-bond acceptors (Lipinski definition) is 7. The summed E-state index contributed by atoms with van der Waals surface area (Å²) in [6, 6.07) is 8.75. The second kappa shape index (κ2) is 8.90. The number of sulfonamides is 1. The van der Waals surface area contributed by atoms with Crippen molar-refractivity contribution in [2.45, 2.75) is 25.2 Å². The van der Waals surface area contributed by atoms with Gasteiger partial charge in [-0.25, -0.2) is 17.9 Å². The van der Waals surface area contributed by atoms with Crippen molar-refractivity contribution in [2.24, 2.45) is 0 Å². The second-order valence-electron chi connectivity index (χ2n) is 5.66. The summed E-state index contributed by atoms with van der Waals surface area (Å²) >= 11 is 1.50. The molecule has 0 aliphatic rings. The van der Waals surface area contributed by atoms with Crippen molar-refractivity contribution in [3.63, 3.8) is 0 Å². The molecule has 0 aliphatic carbocycles. The van der Waals surface area contributed by atoms with Crippen molar-refractivity contribution in [1.82, 2.24) is 4.72 Å². The molecule has 0 aliphatic heterocycles. The molecule has 0 spiro atoms. The third-order valence-electron chi connectivity index (χ3n) is 3.60.